The molecule has 1 unspecified atom stereocenters. The summed E-state index contributed by atoms with van der Waals surface area (Å²) < 4.78 is 32.4. The highest BCUT2D eigenvalue weighted by molar-refractivity contribution is 7.93. The smallest absolute Gasteiger partial charge is 0.236 e. The number of rotatable bonds is 10. The van der Waals surface area contributed by atoms with Gasteiger partial charge in [0, 0.05) is 11.3 Å². The number of benzene rings is 1. The molecule has 0 radical (unpaired) electrons. The standard InChI is InChI=1S/C24H27N5O4S/c1-3-19(20-6-5-7-22(27-20)29-34(31,32)18-12-13-18)24(30)26-17-10-8-16(9-11-17)21-14-25-15-23(28-21)33-4-2/h5-11,14-15,18-19H,3-4,12-13H2,1-2H3,(H,26,30)(H,27,29). The summed E-state index contributed by atoms with van der Waals surface area (Å²) in [7, 11) is -3.42. The molecule has 3 aromatic rings. The Morgan fingerprint density at radius 3 is 2.53 bits per heavy atom. The minimum Gasteiger partial charge on any atom is -0.477 e. The summed E-state index contributed by atoms with van der Waals surface area (Å²) in [5, 5.41) is 2.57. The van der Waals surface area contributed by atoms with Crippen LogP contribution in [0.2, 0.25) is 0 Å². The van der Waals surface area contributed by atoms with Crippen LogP contribution in [-0.4, -0.2) is 41.1 Å². The predicted molar refractivity (Wildman–Crippen MR) is 130 cm³/mol. The van der Waals surface area contributed by atoms with Crippen LogP contribution in [0, 0.1) is 0 Å². The number of carbonyl (C=O) groups is 1. The molecule has 2 heterocycles. The summed E-state index contributed by atoms with van der Waals surface area (Å²) in [5.41, 5.74) is 2.66. The zero-order valence-corrected chi connectivity index (χ0v) is 19.9. The van der Waals surface area contributed by atoms with Gasteiger partial charge in [0.05, 0.1) is 41.6 Å². The molecule has 2 aromatic heterocycles. The van der Waals surface area contributed by atoms with E-state index in [9.17, 15) is 13.2 Å². The Morgan fingerprint density at radius 2 is 1.85 bits per heavy atom. The number of nitrogens with zero attached hydrogens (tertiary/aromatic N) is 3. The third kappa shape index (κ3) is 5.69. The Labute approximate surface area is 199 Å². The average molecular weight is 482 g/mol. The molecule has 1 fully saturated rings. The molecule has 2 N–H and O–H groups in total. The third-order valence-corrected chi connectivity index (χ3v) is 7.26. The minimum atomic E-state index is -3.42. The molecule has 1 aliphatic carbocycles. The van der Waals surface area contributed by atoms with Gasteiger partial charge in [0.25, 0.3) is 0 Å². The Morgan fingerprint density at radius 1 is 1.09 bits per heavy atom. The van der Waals surface area contributed by atoms with Crippen molar-refractivity contribution in [3.63, 3.8) is 0 Å². The van der Waals surface area contributed by atoms with Crippen LogP contribution in [0.3, 0.4) is 0 Å². The van der Waals surface area contributed by atoms with Crippen molar-refractivity contribution in [2.45, 2.75) is 44.3 Å². The maximum atomic E-state index is 13.0. The summed E-state index contributed by atoms with van der Waals surface area (Å²) in [6, 6.07) is 12.3. The second-order valence-corrected chi connectivity index (χ2v) is 9.96. The summed E-state index contributed by atoms with van der Waals surface area (Å²) in [5.74, 6) is -0.0606. The molecule has 0 aliphatic heterocycles. The maximum Gasteiger partial charge on any atom is 0.236 e. The lowest BCUT2D eigenvalue weighted by Gasteiger charge is -2.16. The molecule has 1 saturated carbocycles. The summed E-state index contributed by atoms with van der Waals surface area (Å²) in [6.07, 6.45) is 5.05. The first-order valence-electron chi connectivity index (χ1n) is 11.2. The Balaban J connectivity index is 1.45. The average Bonchev–Trinajstić information content (AvgIpc) is 3.67. The van der Waals surface area contributed by atoms with Crippen LogP contribution in [0.1, 0.15) is 44.7 Å². The minimum absolute atomic E-state index is 0.219. The third-order valence-electron chi connectivity index (χ3n) is 5.42. The molecule has 178 valence electrons. The number of carbonyl (C=O) groups excluding carboxylic acids is 1. The molecular weight excluding hydrogens is 454 g/mol. The lowest BCUT2D eigenvalue weighted by atomic mass is 10.0. The van der Waals surface area contributed by atoms with Crippen LogP contribution in [0.25, 0.3) is 11.3 Å². The van der Waals surface area contributed by atoms with Gasteiger partial charge in [-0.1, -0.05) is 25.1 Å². The van der Waals surface area contributed by atoms with Crippen LogP contribution in [0.15, 0.2) is 54.9 Å². The number of amides is 1. The number of hydrogen-bond acceptors (Lipinski definition) is 7. The Bertz CT molecular complexity index is 1260. The highest BCUT2D eigenvalue weighted by Crippen LogP contribution is 2.30. The fourth-order valence-electron chi connectivity index (χ4n) is 3.50. The van der Waals surface area contributed by atoms with E-state index < -0.39 is 15.9 Å². The van der Waals surface area contributed by atoms with Crippen molar-refractivity contribution >= 4 is 27.4 Å². The summed E-state index contributed by atoms with van der Waals surface area (Å²) >= 11 is 0. The van der Waals surface area contributed by atoms with Gasteiger partial charge in [-0.3, -0.25) is 14.5 Å². The lowest BCUT2D eigenvalue weighted by molar-refractivity contribution is -0.117. The van der Waals surface area contributed by atoms with Gasteiger partial charge >= 0.3 is 0 Å². The monoisotopic (exact) mass is 481 g/mol. The SMILES string of the molecule is CCOc1cncc(-c2ccc(NC(=O)C(CC)c3cccc(NS(=O)(=O)C4CC4)n3)cc2)n1. The van der Waals surface area contributed by atoms with E-state index in [1.165, 1.54) is 0 Å². The summed E-state index contributed by atoms with van der Waals surface area (Å²) in [6.45, 7) is 4.28. The van der Waals surface area contributed by atoms with Crippen molar-refractivity contribution in [3.8, 4) is 17.1 Å². The van der Waals surface area contributed by atoms with Gasteiger partial charge in [-0.15, -0.1) is 0 Å². The largest absolute Gasteiger partial charge is 0.477 e. The van der Waals surface area contributed by atoms with Crippen molar-refractivity contribution in [2.24, 2.45) is 0 Å². The van der Waals surface area contributed by atoms with E-state index in [4.69, 9.17) is 4.74 Å². The predicted octanol–water partition coefficient (Wildman–Crippen LogP) is 3.97. The number of hydrogen-bond donors (Lipinski definition) is 2. The van der Waals surface area contributed by atoms with E-state index in [0.29, 0.717) is 48.8 Å². The van der Waals surface area contributed by atoms with Gasteiger partial charge in [0.1, 0.15) is 5.82 Å². The molecule has 1 atom stereocenters. The van der Waals surface area contributed by atoms with Crippen molar-refractivity contribution in [1.82, 2.24) is 15.0 Å². The first-order chi connectivity index (χ1) is 16.4. The fourth-order valence-corrected chi connectivity index (χ4v) is 4.83. The Kier molecular flexibility index (Phi) is 7.06. The zero-order valence-electron chi connectivity index (χ0n) is 19.1. The van der Waals surface area contributed by atoms with E-state index >= 15 is 0 Å². The molecule has 0 spiro atoms. The molecular formula is C24H27N5O4S. The topological polar surface area (TPSA) is 123 Å². The van der Waals surface area contributed by atoms with Crippen LogP contribution in [0.5, 0.6) is 5.88 Å². The van der Waals surface area contributed by atoms with Crippen molar-refractivity contribution in [2.75, 3.05) is 16.6 Å². The van der Waals surface area contributed by atoms with Gasteiger partial charge in [0.15, 0.2) is 0 Å². The van der Waals surface area contributed by atoms with Crippen molar-refractivity contribution in [3.05, 3.63) is 60.6 Å². The number of aromatic nitrogens is 3. The van der Waals surface area contributed by atoms with Crippen LogP contribution in [0.4, 0.5) is 11.5 Å². The zero-order chi connectivity index (χ0) is 24.1. The molecule has 1 aromatic carbocycles. The van der Waals surface area contributed by atoms with Gasteiger partial charge in [0.2, 0.25) is 21.8 Å². The van der Waals surface area contributed by atoms with Gasteiger partial charge in [-0.25, -0.2) is 18.4 Å². The van der Waals surface area contributed by atoms with Gasteiger partial charge in [-0.05, 0) is 50.5 Å². The highest BCUT2D eigenvalue weighted by atomic mass is 32.2. The maximum absolute atomic E-state index is 13.0. The molecule has 10 heteroatoms. The first kappa shape index (κ1) is 23.6. The second-order valence-electron chi connectivity index (χ2n) is 8.00. The van der Waals surface area contributed by atoms with E-state index in [0.717, 1.165) is 5.56 Å². The van der Waals surface area contributed by atoms with Crippen molar-refractivity contribution in [1.29, 1.82) is 0 Å². The molecule has 0 bridgehead atoms. The first-order valence-corrected chi connectivity index (χ1v) is 12.8. The quantitative estimate of drug-likeness (QED) is 0.449. The van der Waals surface area contributed by atoms with Crippen LogP contribution in [-0.2, 0) is 14.8 Å². The normalized spacial score (nSPS) is 14.3. The molecule has 4 rings (SSSR count). The van der Waals surface area contributed by atoms with Gasteiger partial charge in [-0.2, -0.15) is 0 Å². The van der Waals surface area contributed by atoms with Crippen molar-refractivity contribution < 1.29 is 17.9 Å². The molecule has 34 heavy (non-hydrogen) atoms. The summed E-state index contributed by atoms with van der Waals surface area (Å²) in [4.78, 5) is 26.0. The fraction of sp³-hybridized carbons (Fsp3) is 0.333. The number of sulfonamides is 1. The number of nitrogens with one attached hydrogen (secondary N) is 2. The second kappa shape index (κ2) is 10.2. The van der Waals surface area contributed by atoms with E-state index in [-0.39, 0.29) is 17.0 Å². The highest BCUT2D eigenvalue weighted by Gasteiger charge is 2.36. The molecule has 9 nitrogen and oxygen atoms in total. The van der Waals surface area contributed by atoms with Gasteiger partial charge < -0.3 is 10.1 Å². The van der Waals surface area contributed by atoms with Crippen LogP contribution >= 0.6 is 0 Å². The molecule has 1 amide bonds. The van der Waals surface area contributed by atoms with E-state index in [1.807, 2.05) is 26.0 Å². The molecule has 1 aliphatic rings. The van der Waals surface area contributed by atoms with E-state index in [1.54, 1.807) is 42.7 Å². The van der Waals surface area contributed by atoms with E-state index in [2.05, 4.69) is 25.0 Å². The lowest BCUT2D eigenvalue weighted by Crippen LogP contribution is -2.23. The number of ether oxygens (including phenoxy) is 1. The number of pyridine rings is 1. The number of anilines is 2. The molecule has 0 saturated heterocycles. The Hall–Kier alpha value is -3.53. The van der Waals surface area contributed by atoms with Crippen LogP contribution < -0.4 is 14.8 Å².